The minimum absolute atomic E-state index is 0.0175. The van der Waals surface area contributed by atoms with E-state index in [2.05, 4.69) is 22.4 Å². The topological polar surface area (TPSA) is 51.0 Å². The van der Waals surface area contributed by atoms with Crippen molar-refractivity contribution in [3.05, 3.63) is 11.7 Å². The van der Waals surface area contributed by atoms with Crippen molar-refractivity contribution >= 4 is 0 Å². The SMILES string of the molecule is Cc1noc(C23CC(C[C@H](C)C2)N3)n1. The fourth-order valence-electron chi connectivity index (χ4n) is 2.97. The van der Waals surface area contributed by atoms with E-state index < -0.39 is 0 Å². The van der Waals surface area contributed by atoms with Crippen LogP contribution in [0.4, 0.5) is 0 Å². The van der Waals surface area contributed by atoms with E-state index in [-0.39, 0.29) is 5.54 Å². The number of aromatic nitrogens is 2. The van der Waals surface area contributed by atoms with E-state index in [1.54, 1.807) is 0 Å². The molecule has 76 valence electrons. The van der Waals surface area contributed by atoms with Gasteiger partial charge in [0.2, 0.25) is 5.89 Å². The molecule has 14 heavy (non-hydrogen) atoms. The van der Waals surface area contributed by atoms with Gasteiger partial charge in [-0.1, -0.05) is 12.1 Å². The van der Waals surface area contributed by atoms with E-state index >= 15 is 0 Å². The van der Waals surface area contributed by atoms with Crippen LogP contribution >= 0.6 is 0 Å². The standard InChI is InChI=1S/C10H15N3O/c1-6-3-8-5-10(4-6,12-8)9-11-7(2)13-14-9/h6,8,12H,3-5H2,1-2H3/t6-,8?,10?/m0/s1. The molecule has 3 heterocycles. The Morgan fingerprint density at radius 1 is 1.50 bits per heavy atom. The highest BCUT2D eigenvalue weighted by Gasteiger charge is 2.53. The first-order valence-corrected chi connectivity index (χ1v) is 5.26. The van der Waals surface area contributed by atoms with Gasteiger partial charge in [-0.15, -0.1) is 0 Å². The average molecular weight is 193 g/mol. The molecule has 0 radical (unpaired) electrons. The van der Waals surface area contributed by atoms with E-state index in [0.717, 1.165) is 24.1 Å². The van der Waals surface area contributed by atoms with Gasteiger partial charge in [0.15, 0.2) is 5.82 Å². The molecule has 3 atom stereocenters. The van der Waals surface area contributed by atoms with Crippen LogP contribution in [0, 0.1) is 12.8 Å². The number of rotatable bonds is 1. The highest BCUT2D eigenvalue weighted by atomic mass is 16.5. The highest BCUT2D eigenvalue weighted by molar-refractivity contribution is 5.16. The van der Waals surface area contributed by atoms with Crippen molar-refractivity contribution in [2.24, 2.45) is 5.92 Å². The molecule has 4 rings (SSSR count). The van der Waals surface area contributed by atoms with Gasteiger partial charge < -0.3 is 9.84 Å². The predicted octanol–water partition coefficient (Wildman–Crippen LogP) is 1.37. The monoisotopic (exact) mass is 193 g/mol. The van der Waals surface area contributed by atoms with Crippen molar-refractivity contribution < 1.29 is 4.52 Å². The Balaban J connectivity index is 1.91. The minimum atomic E-state index is 0.0175. The van der Waals surface area contributed by atoms with Crippen molar-refractivity contribution in [3.8, 4) is 0 Å². The van der Waals surface area contributed by atoms with Gasteiger partial charge in [-0.25, -0.2) is 0 Å². The normalized spacial score (nSPS) is 40.7. The smallest absolute Gasteiger partial charge is 0.247 e. The lowest BCUT2D eigenvalue weighted by Gasteiger charge is -2.53. The lowest BCUT2D eigenvalue weighted by Crippen LogP contribution is -2.65. The number of piperidine rings is 1. The molecular weight excluding hydrogens is 178 g/mol. The van der Waals surface area contributed by atoms with E-state index in [9.17, 15) is 0 Å². The van der Waals surface area contributed by atoms with Gasteiger partial charge in [-0.05, 0) is 32.1 Å². The van der Waals surface area contributed by atoms with E-state index in [1.165, 1.54) is 12.8 Å². The Hall–Kier alpha value is -0.900. The Kier molecular flexibility index (Phi) is 1.54. The van der Waals surface area contributed by atoms with Crippen LogP contribution in [0.25, 0.3) is 0 Å². The van der Waals surface area contributed by atoms with Crippen LogP contribution in [0.3, 0.4) is 0 Å². The summed E-state index contributed by atoms with van der Waals surface area (Å²) < 4.78 is 5.27. The second-order valence-electron chi connectivity index (χ2n) is 4.82. The second-order valence-corrected chi connectivity index (χ2v) is 4.82. The largest absolute Gasteiger partial charge is 0.337 e. The summed E-state index contributed by atoms with van der Waals surface area (Å²) >= 11 is 0. The molecular formula is C10H15N3O. The Labute approximate surface area is 83.1 Å². The van der Waals surface area contributed by atoms with Crippen LogP contribution in [-0.4, -0.2) is 16.2 Å². The van der Waals surface area contributed by atoms with Crippen molar-refractivity contribution in [2.75, 3.05) is 0 Å². The van der Waals surface area contributed by atoms with Gasteiger partial charge >= 0.3 is 0 Å². The molecule has 2 saturated heterocycles. The Morgan fingerprint density at radius 3 is 2.86 bits per heavy atom. The molecule has 2 bridgehead atoms. The van der Waals surface area contributed by atoms with E-state index in [1.807, 2.05) is 6.92 Å². The first-order valence-electron chi connectivity index (χ1n) is 5.26. The maximum atomic E-state index is 5.27. The van der Waals surface area contributed by atoms with Gasteiger partial charge in [-0.2, -0.15) is 4.98 Å². The maximum absolute atomic E-state index is 5.27. The number of hydrogen-bond acceptors (Lipinski definition) is 4. The fraction of sp³-hybridized carbons (Fsp3) is 0.800. The maximum Gasteiger partial charge on any atom is 0.247 e. The van der Waals surface area contributed by atoms with Gasteiger partial charge in [0, 0.05) is 6.04 Å². The minimum Gasteiger partial charge on any atom is -0.337 e. The zero-order valence-corrected chi connectivity index (χ0v) is 8.58. The molecule has 1 saturated carbocycles. The molecule has 4 heteroatoms. The summed E-state index contributed by atoms with van der Waals surface area (Å²) in [6.45, 7) is 4.16. The van der Waals surface area contributed by atoms with Crippen LogP contribution in [0.15, 0.2) is 4.52 Å². The lowest BCUT2D eigenvalue weighted by molar-refractivity contribution is 0.00948. The van der Waals surface area contributed by atoms with Crippen molar-refractivity contribution in [2.45, 2.75) is 44.7 Å². The molecule has 0 spiro atoms. The summed E-state index contributed by atoms with van der Waals surface area (Å²) in [6.07, 6.45) is 3.58. The second kappa shape index (κ2) is 2.57. The third kappa shape index (κ3) is 1.03. The van der Waals surface area contributed by atoms with Crippen molar-refractivity contribution in [1.82, 2.24) is 15.5 Å². The van der Waals surface area contributed by atoms with Crippen molar-refractivity contribution in [3.63, 3.8) is 0 Å². The summed E-state index contributed by atoms with van der Waals surface area (Å²) in [7, 11) is 0. The zero-order chi connectivity index (χ0) is 9.76. The molecule has 1 aliphatic carbocycles. The van der Waals surface area contributed by atoms with Crippen LogP contribution in [0.1, 0.15) is 37.9 Å². The third-order valence-corrected chi connectivity index (χ3v) is 3.40. The van der Waals surface area contributed by atoms with Gasteiger partial charge in [0.25, 0.3) is 0 Å². The number of fused-ring (bicyclic) bond motifs is 2. The van der Waals surface area contributed by atoms with E-state index in [4.69, 9.17) is 4.52 Å². The predicted molar refractivity (Wildman–Crippen MR) is 50.7 cm³/mol. The molecule has 3 fully saturated rings. The molecule has 2 aliphatic heterocycles. The molecule has 4 nitrogen and oxygen atoms in total. The van der Waals surface area contributed by atoms with Crippen LogP contribution in [0.2, 0.25) is 0 Å². The molecule has 0 amide bonds. The van der Waals surface area contributed by atoms with Crippen molar-refractivity contribution in [1.29, 1.82) is 0 Å². The average Bonchev–Trinajstić information content (AvgIpc) is 2.49. The van der Waals surface area contributed by atoms with Gasteiger partial charge in [0.1, 0.15) is 5.54 Å². The van der Waals surface area contributed by atoms with Crippen LogP contribution < -0.4 is 5.32 Å². The molecule has 1 aromatic heterocycles. The van der Waals surface area contributed by atoms with Gasteiger partial charge in [-0.3, -0.25) is 0 Å². The number of aryl methyl sites for hydroxylation is 1. The fourth-order valence-corrected chi connectivity index (χ4v) is 2.97. The quantitative estimate of drug-likeness (QED) is 0.731. The zero-order valence-electron chi connectivity index (χ0n) is 8.58. The molecule has 1 aromatic rings. The summed E-state index contributed by atoms with van der Waals surface area (Å²) in [5, 5.41) is 7.42. The number of hydrogen-bond donors (Lipinski definition) is 1. The Morgan fingerprint density at radius 2 is 2.29 bits per heavy atom. The van der Waals surface area contributed by atoms with Crippen LogP contribution in [-0.2, 0) is 5.54 Å². The highest BCUT2D eigenvalue weighted by Crippen LogP contribution is 2.47. The summed E-state index contributed by atoms with van der Waals surface area (Å²) in [5.74, 6) is 2.29. The van der Waals surface area contributed by atoms with Crippen LogP contribution in [0.5, 0.6) is 0 Å². The summed E-state index contributed by atoms with van der Waals surface area (Å²) in [5.41, 5.74) is 0.0175. The number of nitrogens with zero attached hydrogens (tertiary/aromatic N) is 2. The number of nitrogens with one attached hydrogen (secondary N) is 1. The Bertz CT molecular complexity index is 354. The van der Waals surface area contributed by atoms with Gasteiger partial charge in [0.05, 0.1) is 0 Å². The first kappa shape index (κ1) is 8.41. The molecule has 3 aliphatic rings. The molecule has 1 N–H and O–H groups in total. The lowest BCUT2D eigenvalue weighted by atomic mass is 9.66. The molecule has 2 unspecified atom stereocenters. The molecule has 0 aromatic carbocycles. The first-order chi connectivity index (χ1) is 6.68. The summed E-state index contributed by atoms with van der Waals surface area (Å²) in [6, 6.07) is 0.672. The summed E-state index contributed by atoms with van der Waals surface area (Å²) in [4.78, 5) is 4.34. The van der Waals surface area contributed by atoms with E-state index in [0.29, 0.717) is 6.04 Å². The third-order valence-electron chi connectivity index (χ3n) is 3.40.